The predicted molar refractivity (Wildman–Crippen MR) is 79.4 cm³/mol. The Kier molecular flexibility index (Phi) is 4.65. The van der Waals surface area contributed by atoms with Crippen LogP contribution in [0.1, 0.15) is 29.1 Å². The van der Waals surface area contributed by atoms with Crippen LogP contribution in [0.4, 0.5) is 5.82 Å². The molecule has 1 fully saturated rings. The van der Waals surface area contributed by atoms with Gasteiger partial charge in [-0.3, -0.25) is 4.79 Å². The van der Waals surface area contributed by atoms with Gasteiger partial charge in [-0.25, -0.2) is 9.97 Å². The van der Waals surface area contributed by atoms with E-state index < -0.39 is 0 Å². The highest BCUT2D eigenvalue weighted by Crippen LogP contribution is 2.13. The number of nitrogens with one attached hydrogen (secondary N) is 2. The minimum atomic E-state index is -0.265. The summed E-state index contributed by atoms with van der Waals surface area (Å²) in [5.41, 5.74) is 0.316. The zero-order valence-corrected chi connectivity index (χ0v) is 12.1. The molecule has 2 aromatic rings. The number of aromatic nitrogens is 2. The van der Waals surface area contributed by atoms with Crippen molar-refractivity contribution >= 4 is 11.7 Å². The van der Waals surface area contributed by atoms with Gasteiger partial charge in [-0.15, -0.1) is 0 Å². The Morgan fingerprint density at radius 2 is 2.36 bits per heavy atom. The molecule has 116 valence electrons. The second-order valence-electron chi connectivity index (χ2n) is 5.07. The van der Waals surface area contributed by atoms with E-state index in [1.165, 1.54) is 6.33 Å². The molecule has 0 bridgehead atoms. The van der Waals surface area contributed by atoms with Gasteiger partial charge in [-0.1, -0.05) is 0 Å². The van der Waals surface area contributed by atoms with Gasteiger partial charge in [-0.05, 0) is 25.0 Å². The van der Waals surface area contributed by atoms with Crippen LogP contribution in [-0.2, 0) is 11.3 Å². The van der Waals surface area contributed by atoms with Crippen molar-refractivity contribution in [1.82, 2.24) is 15.3 Å². The SMILES string of the molecule is O=C(NCc1ccco1)c1cc(NCC2CCCO2)ncn1. The summed E-state index contributed by atoms with van der Waals surface area (Å²) in [6.07, 6.45) is 5.30. The lowest BCUT2D eigenvalue weighted by Crippen LogP contribution is -2.24. The van der Waals surface area contributed by atoms with Crippen LogP contribution in [0.3, 0.4) is 0 Å². The standard InChI is InChI=1S/C15H18N4O3/c20-15(17-9-12-4-2-6-22-12)13-7-14(19-10-18-13)16-8-11-3-1-5-21-11/h2,4,6-7,10-11H,1,3,5,8-9H2,(H,17,20)(H,16,18,19). The predicted octanol–water partition coefficient (Wildman–Crippen LogP) is 1.59. The Bertz CT molecular complexity index is 609. The molecule has 7 heteroatoms. The second-order valence-corrected chi connectivity index (χ2v) is 5.07. The van der Waals surface area contributed by atoms with E-state index in [9.17, 15) is 4.79 Å². The van der Waals surface area contributed by atoms with Crippen LogP contribution in [0.2, 0.25) is 0 Å². The molecule has 1 saturated heterocycles. The molecule has 1 atom stereocenters. The largest absolute Gasteiger partial charge is 0.467 e. The average Bonchev–Trinajstić information content (AvgIpc) is 3.24. The smallest absolute Gasteiger partial charge is 0.270 e. The number of hydrogen-bond donors (Lipinski definition) is 2. The summed E-state index contributed by atoms with van der Waals surface area (Å²) >= 11 is 0. The first-order valence-corrected chi connectivity index (χ1v) is 7.29. The van der Waals surface area contributed by atoms with Crippen LogP contribution in [0, 0.1) is 0 Å². The van der Waals surface area contributed by atoms with Gasteiger partial charge < -0.3 is 19.8 Å². The van der Waals surface area contributed by atoms with E-state index in [1.54, 1.807) is 24.5 Å². The number of hydrogen-bond acceptors (Lipinski definition) is 6. The zero-order chi connectivity index (χ0) is 15.2. The summed E-state index contributed by atoms with van der Waals surface area (Å²) in [6, 6.07) is 5.21. The van der Waals surface area contributed by atoms with E-state index in [4.69, 9.17) is 9.15 Å². The van der Waals surface area contributed by atoms with Gasteiger partial charge in [0, 0.05) is 19.2 Å². The number of rotatable bonds is 6. The van der Waals surface area contributed by atoms with Crippen LogP contribution in [0.25, 0.3) is 0 Å². The number of nitrogens with zero attached hydrogens (tertiary/aromatic N) is 2. The number of furan rings is 1. The number of amides is 1. The van der Waals surface area contributed by atoms with Gasteiger partial charge >= 0.3 is 0 Å². The van der Waals surface area contributed by atoms with E-state index in [1.807, 2.05) is 0 Å². The lowest BCUT2D eigenvalue weighted by molar-refractivity contribution is 0.0943. The van der Waals surface area contributed by atoms with Gasteiger partial charge in [0.1, 0.15) is 23.6 Å². The van der Waals surface area contributed by atoms with Crippen molar-refractivity contribution in [3.8, 4) is 0 Å². The third-order valence-electron chi connectivity index (χ3n) is 3.44. The first kappa shape index (κ1) is 14.5. The van der Waals surface area contributed by atoms with Crippen molar-refractivity contribution in [2.75, 3.05) is 18.5 Å². The molecule has 0 aliphatic carbocycles. The Balaban J connectivity index is 1.54. The van der Waals surface area contributed by atoms with Crippen molar-refractivity contribution in [2.45, 2.75) is 25.5 Å². The Labute approximate surface area is 128 Å². The molecule has 22 heavy (non-hydrogen) atoms. The van der Waals surface area contributed by atoms with E-state index in [0.717, 1.165) is 19.4 Å². The summed E-state index contributed by atoms with van der Waals surface area (Å²) in [5.74, 6) is 1.05. The van der Waals surface area contributed by atoms with Crippen LogP contribution < -0.4 is 10.6 Å². The molecule has 0 aromatic carbocycles. The second kappa shape index (κ2) is 7.04. The third-order valence-corrected chi connectivity index (χ3v) is 3.44. The molecule has 0 radical (unpaired) electrons. The van der Waals surface area contributed by atoms with Gasteiger partial charge in [-0.2, -0.15) is 0 Å². The number of ether oxygens (including phenoxy) is 1. The van der Waals surface area contributed by atoms with Gasteiger partial charge in [0.25, 0.3) is 5.91 Å². The summed E-state index contributed by atoms with van der Waals surface area (Å²) in [6.45, 7) is 1.83. The van der Waals surface area contributed by atoms with Crippen molar-refractivity contribution in [1.29, 1.82) is 0 Å². The normalized spacial score (nSPS) is 17.4. The summed E-state index contributed by atoms with van der Waals surface area (Å²) in [5, 5.41) is 5.93. The Morgan fingerprint density at radius 1 is 1.41 bits per heavy atom. The topological polar surface area (TPSA) is 89.3 Å². The van der Waals surface area contributed by atoms with Crippen LogP contribution in [0.5, 0.6) is 0 Å². The maximum Gasteiger partial charge on any atom is 0.270 e. The van der Waals surface area contributed by atoms with E-state index >= 15 is 0 Å². The fraction of sp³-hybridized carbons (Fsp3) is 0.400. The lowest BCUT2D eigenvalue weighted by atomic mass is 10.2. The number of carbonyl (C=O) groups excluding carboxylic acids is 1. The van der Waals surface area contributed by atoms with Crippen molar-refractivity contribution in [3.05, 3.63) is 42.2 Å². The fourth-order valence-electron chi connectivity index (χ4n) is 2.27. The van der Waals surface area contributed by atoms with Crippen LogP contribution >= 0.6 is 0 Å². The molecule has 0 saturated carbocycles. The van der Waals surface area contributed by atoms with Crippen molar-refractivity contribution < 1.29 is 13.9 Å². The molecule has 2 aromatic heterocycles. The highest BCUT2D eigenvalue weighted by atomic mass is 16.5. The fourth-order valence-corrected chi connectivity index (χ4v) is 2.27. The highest BCUT2D eigenvalue weighted by molar-refractivity contribution is 5.92. The monoisotopic (exact) mass is 302 g/mol. The van der Waals surface area contributed by atoms with Crippen LogP contribution in [-0.4, -0.2) is 35.1 Å². The Morgan fingerprint density at radius 3 is 3.14 bits per heavy atom. The quantitative estimate of drug-likeness (QED) is 0.842. The zero-order valence-electron chi connectivity index (χ0n) is 12.1. The lowest BCUT2D eigenvalue weighted by Gasteiger charge is -2.11. The molecule has 3 heterocycles. The van der Waals surface area contributed by atoms with Crippen molar-refractivity contribution in [2.24, 2.45) is 0 Å². The molecule has 3 rings (SSSR count). The average molecular weight is 302 g/mol. The van der Waals surface area contributed by atoms with Crippen molar-refractivity contribution in [3.63, 3.8) is 0 Å². The maximum atomic E-state index is 12.1. The van der Waals surface area contributed by atoms with E-state index in [0.29, 0.717) is 30.4 Å². The minimum Gasteiger partial charge on any atom is -0.467 e. The molecule has 1 aliphatic heterocycles. The molecular formula is C15H18N4O3. The van der Waals surface area contributed by atoms with Gasteiger partial charge in [0.2, 0.25) is 0 Å². The maximum absolute atomic E-state index is 12.1. The van der Waals surface area contributed by atoms with E-state index in [2.05, 4.69) is 20.6 Å². The number of anilines is 1. The molecular weight excluding hydrogens is 284 g/mol. The summed E-state index contributed by atoms with van der Waals surface area (Å²) < 4.78 is 10.7. The third kappa shape index (κ3) is 3.82. The van der Waals surface area contributed by atoms with Crippen LogP contribution in [0.15, 0.2) is 35.2 Å². The molecule has 7 nitrogen and oxygen atoms in total. The number of carbonyl (C=O) groups is 1. The molecule has 1 aliphatic rings. The van der Waals surface area contributed by atoms with E-state index in [-0.39, 0.29) is 12.0 Å². The highest BCUT2D eigenvalue weighted by Gasteiger charge is 2.15. The molecule has 1 unspecified atom stereocenters. The van der Waals surface area contributed by atoms with Gasteiger partial charge in [0.15, 0.2) is 0 Å². The molecule has 1 amide bonds. The first-order chi connectivity index (χ1) is 10.8. The summed E-state index contributed by atoms with van der Waals surface area (Å²) in [4.78, 5) is 20.2. The Hall–Kier alpha value is -2.41. The molecule has 2 N–H and O–H groups in total. The minimum absolute atomic E-state index is 0.214. The summed E-state index contributed by atoms with van der Waals surface area (Å²) in [7, 11) is 0. The molecule has 0 spiro atoms. The van der Waals surface area contributed by atoms with Gasteiger partial charge in [0.05, 0.1) is 18.9 Å². The first-order valence-electron chi connectivity index (χ1n) is 7.29.